The summed E-state index contributed by atoms with van der Waals surface area (Å²) in [6.45, 7) is 3.31. The molecular formula is C27H23N7O2S. The molecule has 4 aromatic rings. The highest BCUT2D eigenvalue weighted by atomic mass is 32.2. The summed E-state index contributed by atoms with van der Waals surface area (Å²) in [6, 6.07) is 22.6. The number of hydrogen-bond donors (Lipinski definition) is 2. The Bertz CT molecular complexity index is 1400. The van der Waals surface area contributed by atoms with E-state index in [4.69, 9.17) is 10.00 Å². The van der Waals surface area contributed by atoms with Crippen LogP contribution >= 0.6 is 11.8 Å². The van der Waals surface area contributed by atoms with Crippen LogP contribution in [0, 0.1) is 11.3 Å². The van der Waals surface area contributed by atoms with Crippen molar-refractivity contribution in [1.29, 1.82) is 5.26 Å². The average Bonchev–Trinajstić information content (AvgIpc) is 2.95. The van der Waals surface area contributed by atoms with Gasteiger partial charge in [0.1, 0.15) is 16.8 Å². The molecule has 0 spiro atoms. The van der Waals surface area contributed by atoms with Gasteiger partial charge in [-0.25, -0.2) is 15.0 Å². The van der Waals surface area contributed by atoms with Crippen LogP contribution < -0.4 is 15.5 Å². The third-order valence-corrected chi connectivity index (χ3v) is 6.55. The molecule has 1 aliphatic rings. The Morgan fingerprint density at radius 3 is 2.41 bits per heavy atom. The van der Waals surface area contributed by atoms with Gasteiger partial charge in [0.15, 0.2) is 0 Å². The maximum absolute atomic E-state index is 12.4. The van der Waals surface area contributed by atoms with Crippen molar-refractivity contribution in [2.24, 2.45) is 0 Å². The highest BCUT2D eigenvalue weighted by molar-refractivity contribution is 7.99. The number of carbonyl (C=O) groups excluding carboxylic acids is 1. The largest absolute Gasteiger partial charge is 0.378 e. The third kappa shape index (κ3) is 6.41. The lowest BCUT2D eigenvalue weighted by molar-refractivity contribution is 0.102. The fraction of sp³-hybridized carbons (Fsp3) is 0.148. The number of pyridine rings is 1. The van der Waals surface area contributed by atoms with Crippen molar-refractivity contribution in [2.75, 3.05) is 41.8 Å². The number of amides is 1. The van der Waals surface area contributed by atoms with E-state index in [1.54, 1.807) is 12.3 Å². The molecule has 0 bridgehead atoms. The number of nitriles is 1. The molecule has 2 aromatic carbocycles. The first-order chi connectivity index (χ1) is 18.2. The van der Waals surface area contributed by atoms with Crippen molar-refractivity contribution < 1.29 is 9.53 Å². The zero-order valence-corrected chi connectivity index (χ0v) is 20.6. The van der Waals surface area contributed by atoms with Gasteiger partial charge in [0, 0.05) is 47.4 Å². The highest BCUT2D eigenvalue weighted by Crippen LogP contribution is 2.28. The molecule has 9 nitrogen and oxygen atoms in total. The number of nitrogens with zero attached hydrogens (tertiary/aromatic N) is 5. The SMILES string of the molecule is N#Cc1ccc(C(=O)Nc2ccc(Sc3ccnc(Nc4ccc(N5CCOCC5)cc4)n3)cc2)cn1. The molecule has 0 radical (unpaired) electrons. The van der Waals surface area contributed by atoms with E-state index in [-0.39, 0.29) is 11.6 Å². The van der Waals surface area contributed by atoms with E-state index in [1.807, 2.05) is 48.5 Å². The van der Waals surface area contributed by atoms with E-state index in [0.717, 1.165) is 41.9 Å². The van der Waals surface area contributed by atoms with Crippen LogP contribution in [0.5, 0.6) is 0 Å². The Balaban J connectivity index is 1.18. The van der Waals surface area contributed by atoms with Gasteiger partial charge in [-0.15, -0.1) is 0 Å². The van der Waals surface area contributed by atoms with E-state index in [2.05, 4.69) is 42.6 Å². The number of anilines is 4. The van der Waals surface area contributed by atoms with E-state index >= 15 is 0 Å². The van der Waals surface area contributed by atoms with E-state index in [9.17, 15) is 4.79 Å². The lowest BCUT2D eigenvalue weighted by atomic mass is 10.2. The first-order valence-electron chi connectivity index (χ1n) is 11.6. The molecule has 0 aliphatic carbocycles. The van der Waals surface area contributed by atoms with Gasteiger partial charge in [-0.1, -0.05) is 11.8 Å². The molecule has 0 atom stereocenters. The minimum absolute atomic E-state index is 0.266. The first kappa shape index (κ1) is 24.2. The Kier molecular flexibility index (Phi) is 7.55. The normalized spacial score (nSPS) is 13.0. The van der Waals surface area contributed by atoms with Crippen LogP contribution in [0.1, 0.15) is 16.1 Å². The molecule has 1 amide bonds. The van der Waals surface area contributed by atoms with Gasteiger partial charge in [-0.2, -0.15) is 5.26 Å². The number of aromatic nitrogens is 3. The molecule has 184 valence electrons. The van der Waals surface area contributed by atoms with Gasteiger partial charge in [0.05, 0.1) is 18.8 Å². The van der Waals surface area contributed by atoms with Crippen LogP contribution in [-0.2, 0) is 4.74 Å². The van der Waals surface area contributed by atoms with Crippen molar-refractivity contribution in [3.8, 4) is 6.07 Å². The first-order valence-corrected chi connectivity index (χ1v) is 12.5. The highest BCUT2D eigenvalue weighted by Gasteiger charge is 2.11. The Hall–Kier alpha value is -4.46. The third-order valence-electron chi connectivity index (χ3n) is 5.60. The predicted octanol–water partition coefficient (Wildman–Crippen LogP) is 4.73. The minimum Gasteiger partial charge on any atom is -0.378 e. The Morgan fingerprint density at radius 1 is 0.946 bits per heavy atom. The fourth-order valence-electron chi connectivity index (χ4n) is 3.69. The molecule has 1 saturated heterocycles. The molecule has 1 aliphatic heterocycles. The van der Waals surface area contributed by atoms with Crippen molar-refractivity contribution >= 4 is 40.7 Å². The van der Waals surface area contributed by atoms with Gasteiger partial charge >= 0.3 is 0 Å². The minimum atomic E-state index is -0.290. The number of rotatable bonds is 7. The van der Waals surface area contributed by atoms with Crippen molar-refractivity contribution in [2.45, 2.75) is 9.92 Å². The molecule has 3 heterocycles. The summed E-state index contributed by atoms with van der Waals surface area (Å²) in [6.07, 6.45) is 3.11. The van der Waals surface area contributed by atoms with Crippen molar-refractivity contribution in [3.05, 3.63) is 90.4 Å². The van der Waals surface area contributed by atoms with Crippen LogP contribution in [0.4, 0.5) is 23.0 Å². The molecule has 1 fully saturated rings. The summed E-state index contributed by atoms with van der Waals surface area (Å²) >= 11 is 1.50. The summed E-state index contributed by atoms with van der Waals surface area (Å²) in [5.41, 5.74) is 3.39. The molecule has 2 N–H and O–H groups in total. The Morgan fingerprint density at radius 2 is 1.70 bits per heavy atom. The molecule has 0 unspecified atom stereocenters. The summed E-state index contributed by atoms with van der Waals surface area (Å²) in [7, 11) is 0. The second kappa shape index (κ2) is 11.5. The number of hydrogen-bond acceptors (Lipinski definition) is 9. The summed E-state index contributed by atoms with van der Waals surface area (Å²) in [5, 5.41) is 15.7. The quantitative estimate of drug-likeness (QED) is 0.341. The van der Waals surface area contributed by atoms with Gasteiger partial charge in [0.25, 0.3) is 5.91 Å². The van der Waals surface area contributed by atoms with Crippen LogP contribution in [0.3, 0.4) is 0 Å². The monoisotopic (exact) mass is 509 g/mol. The maximum atomic E-state index is 12.4. The molecule has 10 heteroatoms. The van der Waals surface area contributed by atoms with E-state index < -0.39 is 0 Å². The van der Waals surface area contributed by atoms with E-state index in [0.29, 0.717) is 17.2 Å². The van der Waals surface area contributed by atoms with Crippen molar-refractivity contribution in [3.63, 3.8) is 0 Å². The lowest BCUT2D eigenvalue weighted by Gasteiger charge is -2.28. The Labute approximate surface area is 218 Å². The van der Waals surface area contributed by atoms with Gasteiger partial charge < -0.3 is 20.3 Å². The summed E-state index contributed by atoms with van der Waals surface area (Å²) < 4.78 is 5.42. The number of carbonyl (C=O) groups is 1. The van der Waals surface area contributed by atoms with E-state index in [1.165, 1.54) is 29.7 Å². The predicted molar refractivity (Wildman–Crippen MR) is 142 cm³/mol. The van der Waals surface area contributed by atoms with Gasteiger partial charge in [0.2, 0.25) is 5.95 Å². The zero-order valence-electron chi connectivity index (χ0n) is 19.8. The maximum Gasteiger partial charge on any atom is 0.257 e. The second-order valence-electron chi connectivity index (χ2n) is 8.11. The number of nitrogens with one attached hydrogen (secondary N) is 2. The average molecular weight is 510 g/mol. The van der Waals surface area contributed by atoms with Crippen LogP contribution in [-0.4, -0.2) is 47.2 Å². The molecule has 2 aromatic heterocycles. The lowest BCUT2D eigenvalue weighted by Crippen LogP contribution is -2.36. The van der Waals surface area contributed by atoms with Gasteiger partial charge in [-0.05, 0) is 66.7 Å². The van der Waals surface area contributed by atoms with Gasteiger partial charge in [-0.3, -0.25) is 4.79 Å². The number of benzene rings is 2. The summed E-state index contributed by atoms with van der Waals surface area (Å²) in [5.74, 6) is 0.228. The molecule has 5 rings (SSSR count). The van der Waals surface area contributed by atoms with Crippen LogP contribution in [0.25, 0.3) is 0 Å². The topological polar surface area (TPSA) is 116 Å². The molecule has 37 heavy (non-hydrogen) atoms. The zero-order chi connectivity index (χ0) is 25.5. The van der Waals surface area contributed by atoms with Crippen LogP contribution in [0.15, 0.2) is 89.0 Å². The van der Waals surface area contributed by atoms with Crippen molar-refractivity contribution in [1.82, 2.24) is 15.0 Å². The summed E-state index contributed by atoms with van der Waals surface area (Å²) in [4.78, 5) is 28.6. The van der Waals surface area contributed by atoms with Crippen LogP contribution in [0.2, 0.25) is 0 Å². The number of ether oxygens (including phenoxy) is 1. The molecular weight excluding hydrogens is 486 g/mol. The fourth-order valence-corrected chi connectivity index (χ4v) is 4.46. The number of morpholine rings is 1. The standard InChI is InChI=1S/C27H23N7O2S/c28-17-22-2-1-19(18-30-22)26(35)31-20-5-9-24(10-6-20)37-25-11-12-29-27(33-25)32-21-3-7-23(8-4-21)34-13-15-36-16-14-34/h1-12,18H,13-16H2,(H,31,35)(H,29,32,33). The second-order valence-corrected chi connectivity index (χ2v) is 9.21. The smallest absolute Gasteiger partial charge is 0.257 e. The molecule has 0 saturated carbocycles.